The largest absolute Gasteiger partial charge is 0.454 e. The van der Waals surface area contributed by atoms with Gasteiger partial charge in [-0.15, -0.1) is 0 Å². The minimum atomic E-state index is -3.84. The van der Waals surface area contributed by atoms with Crippen LogP contribution in [0.3, 0.4) is 0 Å². The summed E-state index contributed by atoms with van der Waals surface area (Å²) in [5.74, 6) is -1.17. The molecule has 0 spiro atoms. The van der Waals surface area contributed by atoms with E-state index in [1.165, 1.54) is 4.31 Å². The summed E-state index contributed by atoms with van der Waals surface area (Å²) in [6.07, 6.45) is 1.75. The van der Waals surface area contributed by atoms with E-state index >= 15 is 0 Å². The quantitative estimate of drug-likeness (QED) is 0.690. The Morgan fingerprint density at radius 3 is 2.48 bits per heavy atom. The van der Waals surface area contributed by atoms with E-state index in [-0.39, 0.29) is 11.4 Å². The second kappa shape index (κ2) is 9.62. The molecule has 1 saturated heterocycles. The zero-order valence-corrected chi connectivity index (χ0v) is 18.9. The number of anilines is 1. The fourth-order valence-electron chi connectivity index (χ4n) is 3.58. The Labute approximate surface area is 183 Å². The lowest BCUT2D eigenvalue weighted by molar-refractivity contribution is -0.152. The maximum absolute atomic E-state index is 13.1. The molecule has 2 aromatic carbocycles. The van der Waals surface area contributed by atoms with Crippen molar-refractivity contribution in [3.05, 3.63) is 59.2 Å². The zero-order chi connectivity index (χ0) is 22.6. The average molecular weight is 445 g/mol. The Bertz CT molecular complexity index is 1060. The van der Waals surface area contributed by atoms with Crippen molar-refractivity contribution >= 4 is 27.6 Å². The Hall–Kier alpha value is -2.71. The van der Waals surface area contributed by atoms with Crippen molar-refractivity contribution in [3.8, 4) is 0 Å². The molecule has 1 atom stereocenters. The standard InChI is InChI=1S/C23H28N2O5S/c1-16-10-12-19(13-11-16)31(28,29)25-14-5-4-9-21(25)23(27)30-15-22(26)24-20-8-6-7-17(2)18(20)3/h6-8,10-13,21H,4-5,9,14-15H2,1-3H3,(H,24,26). The van der Waals surface area contributed by atoms with E-state index in [4.69, 9.17) is 4.74 Å². The smallest absolute Gasteiger partial charge is 0.324 e. The fraction of sp³-hybridized carbons (Fsp3) is 0.391. The molecule has 166 valence electrons. The predicted octanol–water partition coefficient (Wildman–Crippen LogP) is 3.34. The molecule has 1 fully saturated rings. The van der Waals surface area contributed by atoms with Gasteiger partial charge in [-0.3, -0.25) is 9.59 Å². The van der Waals surface area contributed by atoms with Gasteiger partial charge in [-0.2, -0.15) is 4.31 Å². The first-order valence-electron chi connectivity index (χ1n) is 10.3. The third-order valence-corrected chi connectivity index (χ3v) is 7.50. The van der Waals surface area contributed by atoms with E-state index in [0.29, 0.717) is 24.9 Å². The van der Waals surface area contributed by atoms with Crippen LogP contribution in [0.25, 0.3) is 0 Å². The molecule has 1 aliphatic heterocycles. The van der Waals surface area contributed by atoms with Gasteiger partial charge in [0.25, 0.3) is 5.91 Å². The maximum atomic E-state index is 13.1. The number of ether oxygens (including phenoxy) is 1. The summed E-state index contributed by atoms with van der Waals surface area (Å²) >= 11 is 0. The minimum Gasteiger partial charge on any atom is -0.454 e. The lowest BCUT2D eigenvalue weighted by Crippen LogP contribution is -2.48. The monoisotopic (exact) mass is 444 g/mol. The van der Waals surface area contributed by atoms with Gasteiger partial charge in [0.15, 0.2) is 6.61 Å². The van der Waals surface area contributed by atoms with Crippen LogP contribution in [0.2, 0.25) is 0 Å². The number of carbonyl (C=O) groups excluding carboxylic acids is 2. The van der Waals surface area contributed by atoms with Crippen LogP contribution >= 0.6 is 0 Å². The molecule has 0 radical (unpaired) electrons. The lowest BCUT2D eigenvalue weighted by Gasteiger charge is -2.33. The molecule has 1 N–H and O–H groups in total. The number of aryl methyl sites for hydroxylation is 2. The molecule has 0 bridgehead atoms. The first kappa shape index (κ1) is 23.0. The highest BCUT2D eigenvalue weighted by atomic mass is 32.2. The average Bonchev–Trinajstić information content (AvgIpc) is 2.75. The molecule has 0 aliphatic carbocycles. The Morgan fingerprint density at radius 1 is 1.06 bits per heavy atom. The summed E-state index contributed by atoms with van der Waals surface area (Å²) in [4.78, 5) is 25.1. The highest BCUT2D eigenvalue weighted by Crippen LogP contribution is 2.26. The Balaban J connectivity index is 1.67. The molecule has 1 unspecified atom stereocenters. The summed E-state index contributed by atoms with van der Waals surface area (Å²) < 4.78 is 32.6. The highest BCUT2D eigenvalue weighted by molar-refractivity contribution is 7.89. The lowest BCUT2D eigenvalue weighted by atomic mass is 10.1. The second-order valence-corrected chi connectivity index (χ2v) is 9.73. The highest BCUT2D eigenvalue weighted by Gasteiger charge is 2.38. The van der Waals surface area contributed by atoms with Crippen molar-refractivity contribution in [1.82, 2.24) is 4.31 Å². The van der Waals surface area contributed by atoms with Crippen molar-refractivity contribution in [1.29, 1.82) is 0 Å². The van der Waals surface area contributed by atoms with Gasteiger partial charge in [0.1, 0.15) is 6.04 Å². The van der Waals surface area contributed by atoms with E-state index in [0.717, 1.165) is 16.7 Å². The molecule has 0 saturated carbocycles. The van der Waals surface area contributed by atoms with Gasteiger partial charge in [-0.05, 0) is 69.4 Å². The number of carbonyl (C=O) groups is 2. The van der Waals surface area contributed by atoms with Crippen molar-refractivity contribution in [2.24, 2.45) is 0 Å². The molecular weight excluding hydrogens is 416 g/mol. The number of nitrogens with one attached hydrogen (secondary N) is 1. The van der Waals surface area contributed by atoms with Gasteiger partial charge >= 0.3 is 5.97 Å². The minimum absolute atomic E-state index is 0.144. The fourth-order valence-corrected chi connectivity index (χ4v) is 5.23. The Kier molecular flexibility index (Phi) is 7.12. The van der Waals surface area contributed by atoms with Crippen molar-refractivity contribution < 1.29 is 22.7 Å². The van der Waals surface area contributed by atoms with E-state index in [9.17, 15) is 18.0 Å². The molecule has 1 aliphatic rings. The zero-order valence-electron chi connectivity index (χ0n) is 18.1. The van der Waals surface area contributed by atoms with Crippen molar-refractivity contribution in [2.75, 3.05) is 18.5 Å². The molecule has 1 heterocycles. The summed E-state index contributed by atoms with van der Waals surface area (Å²) in [7, 11) is -3.84. The first-order chi connectivity index (χ1) is 14.7. The van der Waals surface area contributed by atoms with E-state index in [1.807, 2.05) is 32.9 Å². The number of sulfonamides is 1. The van der Waals surface area contributed by atoms with Gasteiger partial charge in [0.05, 0.1) is 4.90 Å². The summed E-state index contributed by atoms with van der Waals surface area (Å²) in [6, 6.07) is 11.1. The van der Waals surface area contributed by atoms with Gasteiger partial charge in [0.2, 0.25) is 10.0 Å². The topological polar surface area (TPSA) is 92.8 Å². The summed E-state index contributed by atoms with van der Waals surface area (Å²) in [5.41, 5.74) is 3.57. The van der Waals surface area contributed by atoms with E-state index < -0.39 is 34.5 Å². The normalized spacial score (nSPS) is 17.2. The van der Waals surface area contributed by atoms with Crippen LogP contribution in [-0.2, 0) is 24.3 Å². The number of rotatable bonds is 6. The third kappa shape index (κ3) is 5.32. The van der Waals surface area contributed by atoms with Crippen LogP contribution in [0.15, 0.2) is 47.4 Å². The van der Waals surface area contributed by atoms with Crippen LogP contribution in [0.5, 0.6) is 0 Å². The first-order valence-corrected chi connectivity index (χ1v) is 11.8. The Morgan fingerprint density at radius 2 is 1.77 bits per heavy atom. The maximum Gasteiger partial charge on any atom is 0.324 e. The molecule has 31 heavy (non-hydrogen) atoms. The number of esters is 1. The summed E-state index contributed by atoms with van der Waals surface area (Å²) in [5, 5.41) is 2.73. The number of nitrogens with zero attached hydrogens (tertiary/aromatic N) is 1. The predicted molar refractivity (Wildman–Crippen MR) is 118 cm³/mol. The van der Waals surface area contributed by atoms with Gasteiger partial charge in [0, 0.05) is 12.2 Å². The molecule has 1 amide bonds. The molecule has 7 nitrogen and oxygen atoms in total. The molecule has 0 aromatic heterocycles. The molecule has 2 aromatic rings. The third-order valence-electron chi connectivity index (χ3n) is 5.58. The van der Waals surface area contributed by atoms with Crippen LogP contribution in [0.4, 0.5) is 5.69 Å². The molecule has 3 rings (SSSR count). The number of hydrogen-bond acceptors (Lipinski definition) is 5. The van der Waals surface area contributed by atoms with Crippen LogP contribution in [0, 0.1) is 20.8 Å². The SMILES string of the molecule is Cc1ccc(S(=O)(=O)N2CCCCC2C(=O)OCC(=O)Nc2cccc(C)c2C)cc1. The van der Waals surface area contributed by atoms with Crippen LogP contribution < -0.4 is 5.32 Å². The second-order valence-electron chi connectivity index (χ2n) is 7.84. The van der Waals surface area contributed by atoms with E-state index in [2.05, 4.69) is 5.32 Å². The number of amides is 1. The van der Waals surface area contributed by atoms with Gasteiger partial charge in [-0.1, -0.05) is 29.8 Å². The van der Waals surface area contributed by atoms with Crippen molar-refractivity contribution in [2.45, 2.75) is 51.0 Å². The number of hydrogen-bond donors (Lipinski definition) is 1. The van der Waals surface area contributed by atoms with Crippen LogP contribution in [0.1, 0.15) is 36.0 Å². The van der Waals surface area contributed by atoms with Crippen molar-refractivity contribution in [3.63, 3.8) is 0 Å². The van der Waals surface area contributed by atoms with Gasteiger partial charge < -0.3 is 10.1 Å². The summed E-state index contributed by atoms with van der Waals surface area (Å²) in [6.45, 7) is 5.48. The molecular formula is C23H28N2O5S. The number of piperidine rings is 1. The number of benzene rings is 2. The molecule has 8 heteroatoms. The van der Waals surface area contributed by atoms with Gasteiger partial charge in [-0.25, -0.2) is 8.42 Å². The van der Waals surface area contributed by atoms with Crippen LogP contribution in [-0.4, -0.2) is 43.8 Å². The van der Waals surface area contributed by atoms with E-state index in [1.54, 1.807) is 30.3 Å².